The van der Waals surface area contributed by atoms with Crippen LogP contribution in [0.2, 0.25) is 0 Å². The van der Waals surface area contributed by atoms with E-state index in [0.29, 0.717) is 17.7 Å². The van der Waals surface area contributed by atoms with Gasteiger partial charge >= 0.3 is 0 Å². The molecule has 0 aromatic heterocycles. The second-order valence-electron chi connectivity index (χ2n) is 7.92. The smallest absolute Gasteiger partial charge is 0.229 e. The van der Waals surface area contributed by atoms with Crippen molar-refractivity contribution in [2.45, 2.75) is 65.2 Å². The largest absolute Gasteiger partial charge is 0.402 e. The van der Waals surface area contributed by atoms with Crippen LogP contribution in [-0.2, 0) is 11.2 Å². The van der Waals surface area contributed by atoms with E-state index in [4.69, 9.17) is 11.5 Å². The molecule has 0 aliphatic heterocycles. The first-order valence-electron chi connectivity index (χ1n) is 10.4. The van der Waals surface area contributed by atoms with Crippen molar-refractivity contribution < 1.29 is 4.79 Å². The lowest BCUT2D eigenvalue weighted by atomic mass is 9.87. The molecular formula is C24H35N3O. The maximum atomic E-state index is 12.5. The Morgan fingerprint density at radius 2 is 1.89 bits per heavy atom. The minimum atomic E-state index is -0.120. The van der Waals surface area contributed by atoms with Crippen LogP contribution < -0.4 is 16.8 Å². The molecule has 0 heterocycles. The van der Waals surface area contributed by atoms with Crippen LogP contribution in [0.1, 0.15) is 75.5 Å². The molecular weight excluding hydrogens is 346 g/mol. The molecule has 0 saturated heterocycles. The van der Waals surface area contributed by atoms with Gasteiger partial charge in [-0.3, -0.25) is 4.79 Å². The fourth-order valence-electron chi connectivity index (χ4n) is 3.84. The molecule has 1 fully saturated rings. The van der Waals surface area contributed by atoms with E-state index in [9.17, 15) is 4.79 Å². The van der Waals surface area contributed by atoms with Crippen LogP contribution in [0.5, 0.6) is 0 Å². The molecule has 4 nitrogen and oxygen atoms in total. The summed E-state index contributed by atoms with van der Waals surface area (Å²) in [5, 5.41) is 2.78. The molecule has 5 N–H and O–H groups in total. The number of carbonyl (C=O) groups excluding carboxylic acids is 1. The van der Waals surface area contributed by atoms with Crippen LogP contribution in [0.25, 0.3) is 6.08 Å². The monoisotopic (exact) mass is 381 g/mol. The summed E-state index contributed by atoms with van der Waals surface area (Å²) in [6.07, 6.45) is 14.0. The molecule has 0 bridgehead atoms. The summed E-state index contributed by atoms with van der Waals surface area (Å²) < 4.78 is 0. The highest BCUT2D eigenvalue weighted by atomic mass is 16.1. The van der Waals surface area contributed by atoms with Gasteiger partial charge in [-0.2, -0.15) is 0 Å². The Bertz CT molecular complexity index is 753. The van der Waals surface area contributed by atoms with Crippen LogP contribution in [0, 0.1) is 5.92 Å². The predicted molar refractivity (Wildman–Crippen MR) is 118 cm³/mol. The number of allylic oxidation sites excluding steroid dienone is 4. The standard InChI is InChI=1S/C24H35N3O/c1-4-9-21-19(12-8-13-20(21)17(2)3)16-24(28)27-23(26)15-14-22(25)18-10-6-5-7-11-18/h4,8-9,12-15,17-18H,5-7,10-11,16,25-26H2,1-3H3,(H,27,28)/b9-4-,22-14-,23-15+. The summed E-state index contributed by atoms with van der Waals surface area (Å²) in [7, 11) is 0. The lowest BCUT2D eigenvalue weighted by Crippen LogP contribution is -2.29. The Labute approximate surface area is 169 Å². The molecule has 1 aromatic rings. The van der Waals surface area contributed by atoms with Crippen molar-refractivity contribution in [3.8, 4) is 0 Å². The Morgan fingerprint density at radius 3 is 2.54 bits per heavy atom. The zero-order chi connectivity index (χ0) is 20.5. The van der Waals surface area contributed by atoms with Crippen LogP contribution >= 0.6 is 0 Å². The van der Waals surface area contributed by atoms with Gasteiger partial charge < -0.3 is 16.8 Å². The van der Waals surface area contributed by atoms with E-state index < -0.39 is 0 Å². The molecule has 0 spiro atoms. The first-order chi connectivity index (χ1) is 13.4. The van der Waals surface area contributed by atoms with E-state index in [0.717, 1.165) is 29.7 Å². The molecule has 2 rings (SSSR count). The van der Waals surface area contributed by atoms with Gasteiger partial charge in [0.2, 0.25) is 5.91 Å². The summed E-state index contributed by atoms with van der Waals surface area (Å²) in [6.45, 7) is 6.32. The maximum absolute atomic E-state index is 12.5. The van der Waals surface area contributed by atoms with Crippen LogP contribution in [0.3, 0.4) is 0 Å². The molecule has 4 heteroatoms. The van der Waals surface area contributed by atoms with Crippen LogP contribution in [0.15, 0.2) is 47.9 Å². The van der Waals surface area contributed by atoms with Crippen molar-refractivity contribution in [2.24, 2.45) is 17.4 Å². The molecule has 1 amide bonds. The molecule has 0 radical (unpaired) electrons. The van der Waals surface area contributed by atoms with E-state index in [2.05, 4.69) is 31.3 Å². The quantitative estimate of drug-likeness (QED) is 0.598. The third kappa shape index (κ3) is 6.29. The molecule has 28 heavy (non-hydrogen) atoms. The van der Waals surface area contributed by atoms with Crippen LogP contribution in [-0.4, -0.2) is 5.91 Å². The first kappa shape index (κ1) is 21.8. The summed E-state index contributed by atoms with van der Waals surface area (Å²) in [5.41, 5.74) is 16.4. The average Bonchev–Trinajstić information content (AvgIpc) is 2.68. The van der Waals surface area contributed by atoms with Crippen molar-refractivity contribution in [3.05, 3.63) is 64.6 Å². The number of nitrogens with one attached hydrogen (secondary N) is 1. The lowest BCUT2D eigenvalue weighted by molar-refractivity contribution is -0.119. The zero-order valence-corrected chi connectivity index (χ0v) is 17.5. The number of nitrogens with two attached hydrogens (primary N) is 2. The predicted octanol–water partition coefficient (Wildman–Crippen LogP) is 4.72. The first-order valence-corrected chi connectivity index (χ1v) is 10.4. The van der Waals surface area contributed by atoms with Gasteiger partial charge in [0.05, 0.1) is 6.42 Å². The highest BCUT2D eigenvalue weighted by molar-refractivity contribution is 5.81. The molecule has 0 unspecified atom stereocenters. The maximum Gasteiger partial charge on any atom is 0.229 e. The van der Waals surface area contributed by atoms with Crippen molar-refractivity contribution >= 4 is 12.0 Å². The van der Waals surface area contributed by atoms with Gasteiger partial charge in [-0.25, -0.2) is 0 Å². The minimum Gasteiger partial charge on any atom is -0.402 e. The molecule has 1 aliphatic carbocycles. The van der Waals surface area contributed by atoms with Crippen LogP contribution in [0.4, 0.5) is 0 Å². The van der Waals surface area contributed by atoms with E-state index in [-0.39, 0.29) is 12.3 Å². The van der Waals surface area contributed by atoms with Gasteiger partial charge in [0.15, 0.2) is 0 Å². The highest BCUT2D eigenvalue weighted by Gasteiger charge is 2.15. The molecule has 0 atom stereocenters. The normalized spacial score (nSPS) is 16.7. The number of amides is 1. The molecule has 1 aromatic carbocycles. The summed E-state index contributed by atoms with van der Waals surface area (Å²) in [6, 6.07) is 6.13. The summed E-state index contributed by atoms with van der Waals surface area (Å²) >= 11 is 0. The second-order valence-corrected chi connectivity index (χ2v) is 7.92. The second kappa shape index (κ2) is 10.7. The number of rotatable bonds is 7. The third-order valence-corrected chi connectivity index (χ3v) is 5.35. The van der Waals surface area contributed by atoms with E-state index >= 15 is 0 Å². The molecule has 1 aliphatic rings. The Morgan fingerprint density at radius 1 is 1.18 bits per heavy atom. The van der Waals surface area contributed by atoms with Gasteiger partial charge in [0.1, 0.15) is 5.82 Å². The van der Waals surface area contributed by atoms with E-state index in [1.165, 1.54) is 24.8 Å². The van der Waals surface area contributed by atoms with Gasteiger partial charge in [0.25, 0.3) is 0 Å². The SMILES string of the molecule is C/C=C\c1c(CC(=O)N/C(N)=C/C=C(\N)C2CCCCC2)cccc1C(C)C. The zero-order valence-electron chi connectivity index (χ0n) is 17.5. The fourth-order valence-corrected chi connectivity index (χ4v) is 3.84. The van der Waals surface area contributed by atoms with Crippen molar-refractivity contribution in [3.63, 3.8) is 0 Å². The average molecular weight is 382 g/mol. The highest BCUT2D eigenvalue weighted by Crippen LogP contribution is 2.27. The van der Waals surface area contributed by atoms with Gasteiger partial charge in [0, 0.05) is 5.70 Å². The van der Waals surface area contributed by atoms with Gasteiger partial charge in [-0.1, -0.05) is 63.5 Å². The Hall–Kier alpha value is -2.49. The molecule has 1 saturated carbocycles. The number of benzene rings is 1. The number of carbonyl (C=O) groups is 1. The van der Waals surface area contributed by atoms with Crippen molar-refractivity contribution in [1.82, 2.24) is 5.32 Å². The minimum absolute atomic E-state index is 0.120. The Kier molecular flexibility index (Phi) is 8.37. The topological polar surface area (TPSA) is 81.1 Å². The van der Waals surface area contributed by atoms with E-state index in [1.54, 1.807) is 6.08 Å². The number of hydrogen-bond acceptors (Lipinski definition) is 3. The van der Waals surface area contributed by atoms with Gasteiger partial charge in [-0.15, -0.1) is 0 Å². The fraction of sp³-hybridized carbons (Fsp3) is 0.458. The third-order valence-electron chi connectivity index (χ3n) is 5.35. The summed E-state index contributed by atoms with van der Waals surface area (Å²) in [5.74, 6) is 1.05. The van der Waals surface area contributed by atoms with Gasteiger partial charge in [-0.05, 0) is 60.4 Å². The number of hydrogen-bond donors (Lipinski definition) is 3. The lowest BCUT2D eigenvalue weighted by Gasteiger charge is -2.21. The summed E-state index contributed by atoms with van der Waals surface area (Å²) in [4.78, 5) is 12.5. The van der Waals surface area contributed by atoms with E-state index in [1.807, 2.05) is 31.2 Å². The Balaban J connectivity index is 2.04. The van der Waals surface area contributed by atoms with Crippen molar-refractivity contribution in [2.75, 3.05) is 0 Å². The van der Waals surface area contributed by atoms with Crippen molar-refractivity contribution in [1.29, 1.82) is 0 Å². The molecule has 152 valence electrons.